The molecule has 0 radical (unpaired) electrons. The number of aliphatic hydroxyl groups is 4. The van der Waals surface area contributed by atoms with Gasteiger partial charge in [-0.15, -0.1) is 0 Å². The van der Waals surface area contributed by atoms with E-state index in [1.807, 2.05) is 0 Å². The summed E-state index contributed by atoms with van der Waals surface area (Å²) in [5.74, 6) is 0. The summed E-state index contributed by atoms with van der Waals surface area (Å²) in [7, 11) is 0. The quantitative estimate of drug-likeness (QED) is 0.288. The molecule has 1 aliphatic rings. The lowest BCUT2D eigenvalue weighted by molar-refractivity contribution is -0.248. The lowest BCUT2D eigenvalue weighted by Crippen LogP contribution is -2.61. The van der Waals surface area contributed by atoms with E-state index in [1.54, 1.807) is 0 Å². The molecular weight excluding hydrogens is 182 g/mol. The summed E-state index contributed by atoms with van der Waals surface area (Å²) in [6, 6.07) is -1.04. The first-order chi connectivity index (χ1) is 5.57. The average Bonchev–Trinajstić information content (AvgIpc) is 2.08. The molecule has 7 heteroatoms. The number of hydrogen-bond acceptors (Lipinski definition) is 6. The Kier molecular flexibility index (Phi) is 4.71. The molecule has 8 N–H and O–H groups in total. The van der Waals surface area contributed by atoms with Gasteiger partial charge in [0.1, 0.15) is 18.3 Å². The van der Waals surface area contributed by atoms with Crippen molar-refractivity contribution in [3.63, 3.8) is 0 Å². The van der Waals surface area contributed by atoms with E-state index in [0.717, 1.165) is 0 Å². The fraction of sp³-hybridized carbons (Fsp3) is 1.00. The lowest BCUT2D eigenvalue weighted by Gasteiger charge is -2.38. The molecule has 5 atom stereocenters. The van der Waals surface area contributed by atoms with Crippen molar-refractivity contribution >= 4 is 0 Å². The highest BCUT2D eigenvalue weighted by Crippen LogP contribution is 2.17. The Morgan fingerprint density at radius 1 is 1.15 bits per heavy atom. The molecule has 0 aromatic carbocycles. The number of ether oxygens (including phenoxy) is 1. The minimum absolute atomic E-state index is 0. The van der Waals surface area contributed by atoms with Gasteiger partial charge in [0.25, 0.3) is 0 Å². The maximum absolute atomic E-state index is 9.20. The minimum Gasteiger partial charge on any atom is -0.412 e. The highest BCUT2D eigenvalue weighted by atomic mass is 16.6. The second kappa shape index (κ2) is 4.82. The minimum atomic E-state index is -1.35. The first-order valence-electron chi connectivity index (χ1n) is 3.64. The van der Waals surface area contributed by atoms with Crippen molar-refractivity contribution in [3.05, 3.63) is 0 Å². The van der Waals surface area contributed by atoms with Crippen molar-refractivity contribution in [1.82, 2.24) is 0 Å². The molecule has 0 aliphatic carbocycles. The molecule has 80 valence electrons. The van der Waals surface area contributed by atoms with Gasteiger partial charge in [-0.05, 0) is 0 Å². The smallest absolute Gasteiger partial charge is 0.173 e. The molecule has 0 aromatic rings. The Hall–Kier alpha value is -0.280. The van der Waals surface area contributed by atoms with Gasteiger partial charge in [0.2, 0.25) is 0 Å². The Labute approximate surface area is 74.7 Å². The van der Waals surface area contributed by atoms with Crippen molar-refractivity contribution in [2.45, 2.75) is 30.6 Å². The normalized spacial score (nSPS) is 45.5. The van der Waals surface area contributed by atoms with E-state index in [4.69, 9.17) is 20.7 Å². The van der Waals surface area contributed by atoms with Gasteiger partial charge in [-0.25, -0.2) is 0 Å². The molecule has 0 spiro atoms. The van der Waals surface area contributed by atoms with E-state index in [1.165, 1.54) is 0 Å². The molecule has 0 aromatic heterocycles. The van der Waals surface area contributed by atoms with Gasteiger partial charge in [-0.1, -0.05) is 0 Å². The van der Waals surface area contributed by atoms with Gasteiger partial charge >= 0.3 is 0 Å². The van der Waals surface area contributed by atoms with Crippen LogP contribution in [0.25, 0.3) is 0 Å². The molecule has 0 bridgehead atoms. The van der Waals surface area contributed by atoms with Crippen molar-refractivity contribution in [1.29, 1.82) is 0 Å². The fourth-order valence-corrected chi connectivity index (χ4v) is 1.12. The average molecular weight is 197 g/mol. The summed E-state index contributed by atoms with van der Waals surface area (Å²) in [6.45, 7) is -0.470. The summed E-state index contributed by atoms with van der Waals surface area (Å²) in [4.78, 5) is 0. The number of nitrogens with two attached hydrogens (primary N) is 1. The zero-order valence-corrected chi connectivity index (χ0v) is 6.87. The van der Waals surface area contributed by atoms with Gasteiger partial charge in [-0.2, -0.15) is 0 Å². The summed E-state index contributed by atoms with van der Waals surface area (Å²) >= 11 is 0. The summed E-state index contributed by atoms with van der Waals surface area (Å²) < 4.78 is 4.70. The number of hydrogen-bond donors (Lipinski definition) is 5. The van der Waals surface area contributed by atoms with E-state index in [-0.39, 0.29) is 5.48 Å². The van der Waals surface area contributed by atoms with Crippen LogP contribution in [-0.2, 0) is 4.74 Å². The summed E-state index contributed by atoms with van der Waals surface area (Å²) in [5, 5.41) is 36.1. The molecule has 1 heterocycles. The molecule has 7 nitrogen and oxygen atoms in total. The Balaban J connectivity index is 0.00000144. The van der Waals surface area contributed by atoms with Crippen LogP contribution in [0.3, 0.4) is 0 Å². The Morgan fingerprint density at radius 2 is 1.69 bits per heavy atom. The predicted molar refractivity (Wildman–Crippen MR) is 41.6 cm³/mol. The molecule has 0 saturated carbocycles. The third kappa shape index (κ3) is 2.35. The molecule has 1 rings (SSSR count). The monoisotopic (exact) mass is 197 g/mol. The van der Waals surface area contributed by atoms with Gasteiger partial charge in [0.05, 0.1) is 12.6 Å². The van der Waals surface area contributed by atoms with Gasteiger partial charge in [-0.3, -0.25) is 0 Å². The topological polar surface area (TPSA) is 148 Å². The zero-order valence-electron chi connectivity index (χ0n) is 6.87. The van der Waals surface area contributed by atoms with E-state index in [9.17, 15) is 10.2 Å². The van der Waals surface area contributed by atoms with Crippen LogP contribution in [0.15, 0.2) is 0 Å². The van der Waals surface area contributed by atoms with Crippen LogP contribution >= 0.6 is 0 Å². The van der Waals surface area contributed by atoms with Gasteiger partial charge in [0, 0.05) is 0 Å². The van der Waals surface area contributed by atoms with Crippen molar-refractivity contribution in [2.24, 2.45) is 5.73 Å². The number of aliphatic hydroxyl groups excluding tert-OH is 4. The third-order valence-electron chi connectivity index (χ3n) is 1.95. The molecule has 13 heavy (non-hydrogen) atoms. The molecule has 1 fully saturated rings. The molecule has 1 saturated heterocycles. The van der Waals surface area contributed by atoms with Crippen LogP contribution in [0, 0.1) is 0 Å². The van der Waals surface area contributed by atoms with Crippen molar-refractivity contribution in [3.8, 4) is 0 Å². The van der Waals surface area contributed by atoms with Gasteiger partial charge in [0.15, 0.2) is 6.29 Å². The van der Waals surface area contributed by atoms with Crippen LogP contribution in [0.2, 0.25) is 0 Å². The maximum atomic E-state index is 9.20. The van der Waals surface area contributed by atoms with E-state index in [0.29, 0.717) is 0 Å². The first kappa shape index (κ1) is 12.7. The maximum Gasteiger partial charge on any atom is 0.173 e. The second-order valence-electron chi connectivity index (χ2n) is 2.81. The SMILES string of the molecule is N[C@H]1C(O)O[C@H](CO)[C@H](O)[C@@H]1O.O. The largest absolute Gasteiger partial charge is 0.412 e. The van der Waals surface area contributed by atoms with Crippen LogP contribution in [0.5, 0.6) is 0 Å². The fourth-order valence-electron chi connectivity index (χ4n) is 1.12. The summed E-state index contributed by atoms with van der Waals surface area (Å²) in [5.41, 5.74) is 5.26. The van der Waals surface area contributed by atoms with E-state index < -0.39 is 37.3 Å². The van der Waals surface area contributed by atoms with Crippen LogP contribution < -0.4 is 5.73 Å². The van der Waals surface area contributed by atoms with Crippen molar-refractivity contribution < 1.29 is 30.6 Å². The Bertz CT molecular complexity index is 151. The number of rotatable bonds is 1. The zero-order chi connectivity index (χ0) is 9.30. The van der Waals surface area contributed by atoms with E-state index >= 15 is 0 Å². The first-order valence-corrected chi connectivity index (χ1v) is 3.64. The van der Waals surface area contributed by atoms with E-state index in [2.05, 4.69) is 0 Å². The van der Waals surface area contributed by atoms with Crippen LogP contribution in [-0.4, -0.2) is 63.2 Å². The third-order valence-corrected chi connectivity index (χ3v) is 1.95. The van der Waals surface area contributed by atoms with Gasteiger partial charge < -0.3 is 36.4 Å². The standard InChI is InChI=1S/C6H13NO5.H2O/c7-3-5(10)4(9)2(1-8)12-6(3)11;/h2-6,8-11H,1,7H2;1H2/t2-,3-,4+,5-,6?;/m1./s1. The highest BCUT2D eigenvalue weighted by Gasteiger charge is 2.41. The molecule has 0 amide bonds. The molecule has 1 aliphatic heterocycles. The van der Waals surface area contributed by atoms with Crippen LogP contribution in [0.4, 0.5) is 0 Å². The highest BCUT2D eigenvalue weighted by molar-refractivity contribution is 4.90. The second-order valence-corrected chi connectivity index (χ2v) is 2.81. The van der Waals surface area contributed by atoms with Crippen LogP contribution in [0.1, 0.15) is 0 Å². The Morgan fingerprint density at radius 3 is 2.15 bits per heavy atom. The molecular formula is C6H15NO6. The summed E-state index contributed by atoms with van der Waals surface area (Å²) in [6.07, 6.45) is -4.85. The molecule has 1 unspecified atom stereocenters. The predicted octanol–water partition coefficient (Wildman–Crippen LogP) is -4.08. The van der Waals surface area contributed by atoms with Crippen molar-refractivity contribution in [2.75, 3.05) is 6.61 Å². The lowest BCUT2D eigenvalue weighted by atomic mass is 9.98.